The number of nitrogens with zero attached hydrogens (tertiary/aromatic N) is 2. The quantitative estimate of drug-likeness (QED) is 0.541. The van der Waals surface area contributed by atoms with Crippen LogP contribution in [0.15, 0.2) is 39.7 Å². The van der Waals surface area contributed by atoms with Gasteiger partial charge in [-0.1, -0.05) is 18.5 Å². The third-order valence-electron chi connectivity index (χ3n) is 6.42. The Bertz CT molecular complexity index is 1270. The lowest BCUT2D eigenvalue weighted by molar-refractivity contribution is -0.121. The van der Waals surface area contributed by atoms with E-state index in [1.54, 1.807) is 42.2 Å². The predicted octanol–water partition coefficient (Wildman–Crippen LogP) is 4.45. The molecular formula is C24H27BrClN3O5S. The summed E-state index contributed by atoms with van der Waals surface area (Å²) < 4.78 is 34.2. The van der Waals surface area contributed by atoms with Gasteiger partial charge in [0.15, 0.2) is 0 Å². The Labute approximate surface area is 218 Å². The lowest BCUT2D eigenvalue weighted by atomic mass is 9.98. The number of rotatable bonds is 6. The highest BCUT2D eigenvalue weighted by atomic mass is 79.9. The molecule has 1 fully saturated rings. The fraction of sp³-hybridized carbons (Fsp3) is 0.417. The number of amides is 2. The number of halogens is 2. The maximum absolute atomic E-state index is 13.6. The van der Waals surface area contributed by atoms with Crippen LogP contribution in [0.5, 0.6) is 5.75 Å². The highest BCUT2D eigenvalue weighted by molar-refractivity contribution is 9.10. The van der Waals surface area contributed by atoms with Gasteiger partial charge in [-0.05, 0) is 71.1 Å². The molecule has 4 rings (SSSR count). The number of carbonyl (C=O) groups excluding carboxylic acids is 2. The molecule has 0 spiro atoms. The largest absolute Gasteiger partial charge is 0.495 e. The summed E-state index contributed by atoms with van der Waals surface area (Å²) in [6, 6.07) is 8.31. The maximum atomic E-state index is 13.6. The van der Waals surface area contributed by atoms with Crippen molar-refractivity contribution in [3.63, 3.8) is 0 Å². The normalized spacial score (nSPS) is 18.3. The Morgan fingerprint density at radius 2 is 2.00 bits per heavy atom. The molecule has 11 heteroatoms. The van der Waals surface area contributed by atoms with Crippen LogP contribution in [-0.4, -0.2) is 51.3 Å². The maximum Gasteiger partial charge on any atom is 0.244 e. The molecule has 2 aliphatic heterocycles. The second kappa shape index (κ2) is 10.5. The van der Waals surface area contributed by atoms with Crippen molar-refractivity contribution in [2.75, 3.05) is 37.0 Å². The first-order valence-electron chi connectivity index (χ1n) is 11.4. The molecule has 1 unspecified atom stereocenters. The molecule has 2 heterocycles. The van der Waals surface area contributed by atoms with Crippen LogP contribution < -0.4 is 15.0 Å². The fourth-order valence-electron chi connectivity index (χ4n) is 4.54. The Kier molecular flexibility index (Phi) is 7.75. The van der Waals surface area contributed by atoms with Gasteiger partial charge in [-0.15, -0.1) is 0 Å². The topological polar surface area (TPSA) is 96.0 Å². The van der Waals surface area contributed by atoms with Crippen LogP contribution in [0.3, 0.4) is 0 Å². The predicted molar refractivity (Wildman–Crippen MR) is 139 cm³/mol. The second-order valence-electron chi connectivity index (χ2n) is 8.60. The van der Waals surface area contributed by atoms with Gasteiger partial charge in [0.25, 0.3) is 0 Å². The second-order valence-corrected chi connectivity index (χ2v) is 11.8. The molecule has 35 heavy (non-hydrogen) atoms. The van der Waals surface area contributed by atoms with Crippen molar-refractivity contribution in [2.24, 2.45) is 5.92 Å². The molecule has 2 aromatic rings. The number of anilines is 2. The van der Waals surface area contributed by atoms with Gasteiger partial charge < -0.3 is 15.0 Å². The van der Waals surface area contributed by atoms with E-state index in [0.29, 0.717) is 65.4 Å². The molecular weight excluding hydrogens is 558 g/mol. The first-order valence-corrected chi connectivity index (χ1v) is 14.0. The SMILES string of the molecule is CCC(=O)N1CCc2cc(Br)c(S(=O)(=O)N3CCCC(C(=O)Nc4ccc(OC)c(Cl)c4)C3)cc21. The zero-order valence-corrected chi connectivity index (χ0v) is 22.7. The Hall–Kier alpha value is -2.14. The van der Waals surface area contributed by atoms with Crippen molar-refractivity contribution in [3.05, 3.63) is 45.4 Å². The molecule has 0 bridgehead atoms. The van der Waals surface area contributed by atoms with Crippen LogP contribution in [-0.2, 0) is 26.0 Å². The standard InChI is InChI=1S/C24H27BrClN3O5S/c1-3-23(30)29-10-8-15-11-18(25)22(13-20(15)29)35(32,33)28-9-4-5-16(14-28)24(31)27-17-6-7-21(34-2)19(26)12-17/h6-7,11-13,16H,3-5,8-10,14H2,1-2H3,(H,27,31). The summed E-state index contributed by atoms with van der Waals surface area (Å²) in [4.78, 5) is 27.0. The molecule has 0 radical (unpaired) electrons. The van der Waals surface area contributed by atoms with Gasteiger partial charge in [0.1, 0.15) is 5.75 Å². The van der Waals surface area contributed by atoms with Crippen LogP contribution >= 0.6 is 27.5 Å². The summed E-state index contributed by atoms with van der Waals surface area (Å²) in [5, 5.41) is 3.20. The van der Waals surface area contributed by atoms with Crippen molar-refractivity contribution < 1.29 is 22.7 Å². The molecule has 1 saturated heterocycles. The lowest BCUT2D eigenvalue weighted by Crippen LogP contribution is -2.43. The summed E-state index contributed by atoms with van der Waals surface area (Å²) in [6.45, 7) is 2.72. The van der Waals surface area contributed by atoms with Gasteiger partial charge in [0.05, 0.1) is 22.9 Å². The monoisotopic (exact) mass is 583 g/mol. The molecule has 8 nitrogen and oxygen atoms in total. The zero-order chi connectivity index (χ0) is 25.3. The third-order valence-corrected chi connectivity index (χ3v) is 9.54. The number of hydrogen-bond donors (Lipinski definition) is 1. The Morgan fingerprint density at radius 1 is 1.23 bits per heavy atom. The number of sulfonamides is 1. The van der Waals surface area contributed by atoms with E-state index in [1.807, 2.05) is 0 Å². The van der Waals surface area contributed by atoms with Crippen LogP contribution in [0.25, 0.3) is 0 Å². The first kappa shape index (κ1) is 25.9. The molecule has 2 aromatic carbocycles. The highest BCUT2D eigenvalue weighted by Gasteiger charge is 2.36. The average molecular weight is 585 g/mol. The van der Waals surface area contributed by atoms with E-state index in [1.165, 1.54) is 11.4 Å². The van der Waals surface area contributed by atoms with Gasteiger partial charge >= 0.3 is 0 Å². The van der Waals surface area contributed by atoms with Crippen LogP contribution in [0.2, 0.25) is 5.02 Å². The molecule has 1 atom stereocenters. The van der Waals surface area contributed by atoms with Crippen molar-refractivity contribution >= 4 is 60.7 Å². The number of nitrogens with one attached hydrogen (secondary N) is 1. The van der Waals surface area contributed by atoms with E-state index < -0.39 is 15.9 Å². The minimum absolute atomic E-state index is 0.0391. The van der Waals surface area contributed by atoms with Gasteiger partial charge in [-0.2, -0.15) is 4.31 Å². The highest BCUT2D eigenvalue weighted by Crippen LogP contribution is 2.38. The van der Waals surface area contributed by atoms with Gasteiger partial charge in [0.2, 0.25) is 21.8 Å². The van der Waals surface area contributed by atoms with E-state index in [9.17, 15) is 18.0 Å². The molecule has 0 aliphatic carbocycles. The van der Waals surface area contributed by atoms with Crippen LogP contribution in [0, 0.1) is 5.92 Å². The fourth-order valence-corrected chi connectivity index (χ4v) is 7.39. The number of hydrogen-bond acceptors (Lipinski definition) is 5. The van der Waals surface area contributed by atoms with E-state index in [-0.39, 0.29) is 23.3 Å². The van der Waals surface area contributed by atoms with Crippen molar-refractivity contribution in [1.82, 2.24) is 4.31 Å². The molecule has 2 amide bonds. The van der Waals surface area contributed by atoms with Gasteiger partial charge in [-0.3, -0.25) is 9.59 Å². The summed E-state index contributed by atoms with van der Waals surface area (Å²) in [5.41, 5.74) is 2.09. The molecule has 0 aromatic heterocycles. The summed E-state index contributed by atoms with van der Waals surface area (Å²) in [6.07, 6.45) is 2.16. The van der Waals surface area contributed by atoms with E-state index in [2.05, 4.69) is 21.2 Å². The van der Waals surface area contributed by atoms with Gasteiger partial charge in [0, 0.05) is 41.9 Å². The Balaban J connectivity index is 1.54. The summed E-state index contributed by atoms with van der Waals surface area (Å²) in [7, 11) is -2.39. The number of piperidine rings is 1. The van der Waals surface area contributed by atoms with Crippen LogP contribution in [0.4, 0.5) is 11.4 Å². The molecule has 188 valence electrons. The smallest absolute Gasteiger partial charge is 0.244 e. The number of ether oxygens (including phenoxy) is 1. The van der Waals surface area contributed by atoms with Crippen molar-refractivity contribution in [2.45, 2.75) is 37.5 Å². The minimum atomic E-state index is -3.89. The van der Waals surface area contributed by atoms with E-state index in [4.69, 9.17) is 16.3 Å². The van der Waals surface area contributed by atoms with E-state index in [0.717, 1.165) is 5.56 Å². The van der Waals surface area contributed by atoms with E-state index >= 15 is 0 Å². The number of benzene rings is 2. The minimum Gasteiger partial charge on any atom is -0.495 e. The summed E-state index contributed by atoms with van der Waals surface area (Å²) >= 11 is 9.57. The van der Waals surface area contributed by atoms with Gasteiger partial charge in [-0.25, -0.2) is 8.42 Å². The first-order chi connectivity index (χ1) is 16.6. The molecule has 0 saturated carbocycles. The lowest BCUT2D eigenvalue weighted by Gasteiger charge is -2.31. The molecule has 1 N–H and O–H groups in total. The average Bonchev–Trinajstić information content (AvgIpc) is 3.25. The number of fused-ring (bicyclic) bond motifs is 1. The zero-order valence-electron chi connectivity index (χ0n) is 19.5. The molecule has 2 aliphatic rings. The third kappa shape index (κ3) is 5.21. The van der Waals surface area contributed by atoms with Crippen molar-refractivity contribution in [3.8, 4) is 5.75 Å². The number of methoxy groups -OCH3 is 1. The number of carbonyl (C=O) groups is 2. The Morgan fingerprint density at radius 3 is 2.69 bits per heavy atom. The van der Waals surface area contributed by atoms with Crippen LogP contribution in [0.1, 0.15) is 31.7 Å². The van der Waals surface area contributed by atoms with Crippen molar-refractivity contribution in [1.29, 1.82) is 0 Å². The summed E-state index contributed by atoms with van der Waals surface area (Å²) in [5.74, 6) is -0.314.